The van der Waals surface area contributed by atoms with Gasteiger partial charge in [-0.3, -0.25) is 9.79 Å². The summed E-state index contributed by atoms with van der Waals surface area (Å²) >= 11 is 0. The van der Waals surface area contributed by atoms with Crippen molar-refractivity contribution in [3.63, 3.8) is 0 Å². The van der Waals surface area contributed by atoms with E-state index in [0.717, 1.165) is 13.1 Å². The Morgan fingerprint density at radius 2 is 1.95 bits per heavy atom. The van der Waals surface area contributed by atoms with E-state index in [1.54, 1.807) is 6.07 Å². The summed E-state index contributed by atoms with van der Waals surface area (Å²) in [6, 6.07) is 4.42. The van der Waals surface area contributed by atoms with E-state index < -0.39 is 5.54 Å². The first-order chi connectivity index (χ1) is 9.50. The Labute approximate surface area is 116 Å². The van der Waals surface area contributed by atoms with Crippen molar-refractivity contribution in [2.75, 3.05) is 20.1 Å². The minimum absolute atomic E-state index is 0.0758. The van der Waals surface area contributed by atoms with Crippen LogP contribution in [0.15, 0.2) is 23.2 Å². The Hall–Kier alpha value is -2.08. The summed E-state index contributed by atoms with van der Waals surface area (Å²) in [5, 5.41) is 21.7. The van der Waals surface area contributed by atoms with E-state index in [4.69, 9.17) is 0 Å². The monoisotopic (exact) mass is 275 g/mol. The van der Waals surface area contributed by atoms with Crippen LogP contribution in [-0.4, -0.2) is 52.5 Å². The molecule has 3 N–H and O–H groups in total. The van der Waals surface area contributed by atoms with Crippen molar-refractivity contribution < 1.29 is 15.0 Å². The predicted molar refractivity (Wildman–Crippen MR) is 73.9 cm³/mol. The molecular weight excluding hydrogens is 258 g/mol. The number of benzene rings is 1. The van der Waals surface area contributed by atoms with Gasteiger partial charge in [-0.1, -0.05) is 0 Å². The van der Waals surface area contributed by atoms with Crippen LogP contribution < -0.4 is 5.32 Å². The van der Waals surface area contributed by atoms with Gasteiger partial charge >= 0.3 is 0 Å². The van der Waals surface area contributed by atoms with Gasteiger partial charge in [-0.05, 0) is 38.1 Å². The quantitative estimate of drug-likeness (QED) is 0.649. The van der Waals surface area contributed by atoms with E-state index >= 15 is 0 Å². The molecule has 1 aromatic rings. The van der Waals surface area contributed by atoms with Crippen LogP contribution in [0.25, 0.3) is 0 Å². The lowest BCUT2D eigenvalue weighted by Gasteiger charge is -2.33. The van der Waals surface area contributed by atoms with Crippen molar-refractivity contribution in [2.45, 2.75) is 18.4 Å². The molecule has 0 atom stereocenters. The molecule has 2 aliphatic rings. The van der Waals surface area contributed by atoms with Gasteiger partial charge < -0.3 is 20.4 Å². The Morgan fingerprint density at radius 3 is 2.60 bits per heavy atom. The van der Waals surface area contributed by atoms with Crippen molar-refractivity contribution >= 4 is 11.7 Å². The number of amidine groups is 1. The van der Waals surface area contributed by atoms with Crippen molar-refractivity contribution in [2.24, 2.45) is 4.99 Å². The molecule has 2 aliphatic heterocycles. The van der Waals surface area contributed by atoms with E-state index in [0.29, 0.717) is 24.2 Å². The third-order valence-electron chi connectivity index (χ3n) is 4.04. The summed E-state index contributed by atoms with van der Waals surface area (Å²) in [5.41, 5.74) is -0.0699. The van der Waals surface area contributed by atoms with Gasteiger partial charge in [-0.2, -0.15) is 0 Å². The highest BCUT2D eigenvalue weighted by Gasteiger charge is 2.45. The van der Waals surface area contributed by atoms with E-state index in [-0.39, 0.29) is 17.4 Å². The number of carbonyl (C=O) groups is 1. The van der Waals surface area contributed by atoms with Crippen LogP contribution in [0.4, 0.5) is 0 Å². The molecule has 106 valence electrons. The van der Waals surface area contributed by atoms with Crippen LogP contribution in [0, 0.1) is 0 Å². The zero-order chi connectivity index (χ0) is 14.3. The second kappa shape index (κ2) is 4.49. The number of likely N-dealkylation sites (tertiary alicyclic amines) is 1. The third-order valence-corrected chi connectivity index (χ3v) is 4.04. The van der Waals surface area contributed by atoms with Gasteiger partial charge in [0.15, 0.2) is 11.5 Å². The second-order valence-electron chi connectivity index (χ2n) is 5.45. The minimum Gasteiger partial charge on any atom is -0.504 e. The maximum absolute atomic E-state index is 12.2. The Balaban J connectivity index is 1.92. The van der Waals surface area contributed by atoms with E-state index in [9.17, 15) is 15.0 Å². The topological polar surface area (TPSA) is 85.2 Å². The number of phenolic OH excluding ortho intramolecular Hbond substituents is 2. The van der Waals surface area contributed by atoms with Crippen molar-refractivity contribution in [3.8, 4) is 11.5 Å². The molecule has 6 nitrogen and oxygen atoms in total. The third kappa shape index (κ3) is 2.02. The first-order valence-electron chi connectivity index (χ1n) is 6.62. The summed E-state index contributed by atoms with van der Waals surface area (Å²) in [5.74, 6) is -0.0144. The Kier molecular flexibility index (Phi) is 2.90. The van der Waals surface area contributed by atoms with Crippen molar-refractivity contribution in [1.29, 1.82) is 0 Å². The zero-order valence-electron chi connectivity index (χ0n) is 11.3. The van der Waals surface area contributed by atoms with E-state index in [1.807, 2.05) is 7.05 Å². The lowest BCUT2D eigenvalue weighted by atomic mass is 9.88. The fraction of sp³-hybridized carbons (Fsp3) is 0.429. The smallest absolute Gasteiger partial charge is 0.253 e. The predicted octanol–water partition coefficient (Wildman–Crippen LogP) is 0.439. The maximum atomic E-state index is 12.2. The lowest BCUT2D eigenvalue weighted by Crippen LogP contribution is -2.47. The zero-order valence-corrected chi connectivity index (χ0v) is 11.3. The molecule has 0 aliphatic carbocycles. The molecule has 0 unspecified atom stereocenters. The van der Waals surface area contributed by atoms with Gasteiger partial charge in [0, 0.05) is 18.7 Å². The molecule has 1 aromatic carbocycles. The van der Waals surface area contributed by atoms with Crippen molar-refractivity contribution in [3.05, 3.63) is 23.8 Å². The number of hydrogen-bond acceptors (Lipinski definition) is 5. The van der Waals surface area contributed by atoms with Gasteiger partial charge in [-0.25, -0.2) is 0 Å². The van der Waals surface area contributed by atoms with Crippen LogP contribution in [0.3, 0.4) is 0 Å². The largest absolute Gasteiger partial charge is 0.504 e. The Bertz CT molecular complexity index is 589. The number of phenols is 2. The molecule has 1 saturated heterocycles. The highest BCUT2D eigenvalue weighted by molar-refractivity contribution is 6.15. The normalized spacial score (nSPS) is 21.9. The summed E-state index contributed by atoms with van der Waals surface area (Å²) < 4.78 is 0. The van der Waals surface area contributed by atoms with E-state index in [2.05, 4.69) is 15.2 Å². The molecule has 0 radical (unpaired) electrons. The number of aliphatic imine (C=N–C) groups is 1. The number of rotatable bonds is 1. The molecule has 0 aromatic heterocycles. The summed E-state index contributed by atoms with van der Waals surface area (Å²) in [6.07, 6.45) is 1.39. The number of amides is 1. The Morgan fingerprint density at radius 1 is 1.25 bits per heavy atom. The summed E-state index contributed by atoms with van der Waals surface area (Å²) in [4.78, 5) is 19.0. The van der Waals surface area contributed by atoms with Gasteiger partial charge in [-0.15, -0.1) is 0 Å². The van der Waals surface area contributed by atoms with Gasteiger partial charge in [0.1, 0.15) is 11.4 Å². The molecule has 6 heteroatoms. The average Bonchev–Trinajstić information content (AvgIpc) is 2.74. The van der Waals surface area contributed by atoms with Crippen molar-refractivity contribution in [1.82, 2.24) is 10.2 Å². The van der Waals surface area contributed by atoms with E-state index in [1.165, 1.54) is 12.1 Å². The van der Waals surface area contributed by atoms with Crippen LogP contribution >= 0.6 is 0 Å². The number of carbonyl (C=O) groups excluding carboxylic acids is 1. The second-order valence-corrected chi connectivity index (χ2v) is 5.45. The number of nitrogens with zero attached hydrogens (tertiary/aromatic N) is 2. The first-order valence-corrected chi connectivity index (χ1v) is 6.62. The van der Waals surface area contributed by atoms with Crippen LogP contribution in [-0.2, 0) is 4.79 Å². The van der Waals surface area contributed by atoms with Gasteiger partial charge in [0.2, 0.25) is 0 Å². The first kappa shape index (κ1) is 12.9. The lowest BCUT2D eigenvalue weighted by molar-refractivity contribution is -0.125. The standard InChI is InChI=1S/C14H17N3O3/c1-17-6-4-14(5-7-17)13(20)15-12(16-14)9-2-3-10(18)11(19)8-9/h2-3,8,18-19H,4-7H2,1H3,(H,15,16,20). The highest BCUT2D eigenvalue weighted by atomic mass is 16.3. The minimum atomic E-state index is -0.671. The van der Waals surface area contributed by atoms with Gasteiger partial charge in [0.05, 0.1) is 0 Å². The van der Waals surface area contributed by atoms with Crippen LogP contribution in [0.5, 0.6) is 11.5 Å². The van der Waals surface area contributed by atoms with Gasteiger partial charge in [0.25, 0.3) is 5.91 Å². The fourth-order valence-electron chi connectivity index (χ4n) is 2.65. The number of nitrogens with one attached hydrogen (secondary N) is 1. The average molecular weight is 275 g/mol. The number of aromatic hydroxyl groups is 2. The molecule has 0 bridgehead atoms. The molecule has 1 amide bonds. The van der Waals surface area contributed by atoms with Crippen LogP contribution in [0.1, 0.15) is 18.4 Å². The molecule has 1 spiro atoms. The summed E-state index contributed by atoms with van der Waals surface area (Å²) in [6.45, 7) is 1.68. The maximum Gasteiger partial charge on any atom is 0.253 e. The number of hydrogen-bond donors (Lipinski definition) is 3. The molecule has 2 heterocycles. The molecule has 1 fully saturated rings. The fourth-order valence-corrected chi connectivity index (χ4v) is 2.65. The highest BCUT2D eigenvalue weighted by Crippen LogP contribution is 2.32. The molecule has 3 rings (SSSR count). The van der Waals surface area contributed by atoms with Crippen LogP contribution in [0.2, 0.25) is 0 Å². The number of piperidine rings is 1. The summed E-state index contributed by atoms with van der Waals surface area (Å²) in [7, 11) is 2.03. The molecule has 0 saturated carbocycles. The molecular formula is C14H17N3O3. The SMILES string of the molecule is CN1CCC2(CC1)N=C(c1ccc(O)c(O)c1)NC2=O. The molecule has 20 heavy (non-hydrogen) atoms.